The van der Waals surface area contributed by atoms with Crippen molar-refractivity contribution in [3.63, 3.8) is 0 Å². The summed E-state index contributed by atoms with van der Waals surface area (Å²) in [6.07, 6.45) is -1.49. The number of nitrogens with zero attached hydrogens (tertiary/aromatic N) is 2. The van der Waals surface area contributed by atoms with Gasteiger partial charge in [0, 0.05) is 29.8 Å². The Bertz CT molecular complexity index is 1280. The van der Waals surface area contributed by atoms with Crippen LogP contribution in [0, 0.1) is 11.6 Å². The number of amides is 1. The van der Waals surface area contributed by atoms with Gasteiger partial charge in [0.1, 0.15) is 23.0 Å². The van der Waals surface area contributed by atoms with Gasteiger partial charge in [0.15, 0.2) is 0 Å². The molecule has 0 aliphatic heterocycles. The third kappa shape index (κ3) is 4.37. The summed E-state index contributed by atoms with van der Waals surface area (Å²) in [5.41, 5.74) is 0.0773. The van der Waals surface area contributed by atoms with E-state index in [1.807, 2.05) is 0 Å². The lowest BCUT2D eigenvalue weighted by atomic mass is 10.0. The number of fused-ring (bicyclic) bond motifs is 1. The molecule has 0 aliphatic rings. The van der Waals surface area contributed by atoms with E-state index >= 15 is 0 Å². The number of halogens is 5. The molecule has 0 fully saturated rings. The molecular weight excluding hydrogens is 419 g/mol. The number of anilines is 1. The summed E-state index contributed by atoms with van der Waals surface area (Å²) < 4.78 is 66.5. The molecule has 0 atom stereocenters. The van der Waals surface area contributed by atoms with E-state index < -0.39 is 29.4 Å². The van der Waals surface area contributed by atoms with Crippen molar-refractivity contribution < 1.29 is 26.7 Å². The van der Waals surface area contributed by atoms with Crippen molar-refractivity contribution in [1.82, 2.24) is 15.0 Å². The number of rotatable bonds is 4. The van der Waals surface area contributed by atoms with Crippen LogP contribution in [0.15, 0.2) is 55.0 Å². The van der Waals surface area contributed by atoms with Gasteiger partial charge in [-0.1, -0.05) is 12.1 Å². The number of alkyl halides is 3. The number of hydrogen-bond donors (Lipinski definition) is 2. The van der Waals surface area contributed by atoms with Crippen molar-refractivity contribution in [2.24, 2.45) is 0 Å². The standard InChI is InChI=1S/C21H13F5N4O/c22-16-6-11(13-5-15-17(23)10-29-20(15)28-9-13)1-2-12(16)7-19(31)30-14-3-4-27-18(8-14)21(24,25)26/h1-6,8-10H,7H2,(H,28,29)(H,27,30,31). The molecule has 0 unspecified atom stereocenters. The molecule has 0 saturated carbocycles. The van der Waals surface area contributed by atoms with Gasteiger partial charge in [0.05, 0.1) is 11.8 Å². The smallest absolute Gasteiger partial charge is 0.343 e. The van der Waals surface area contributed by atoms with Crippen molar-refractivity contribution in [2.75, 3.05) is 5.32 Å². The van der Waals surface area contributed by atoms with Crippen LogP contribution in [0.3, 0.4) is 0 Å². The number of aromatic nitrogens is 3. The maximum absolute atomic E-state index is 14.5. The monoisotopic (exact) mass is 432 g/mol. The third-order valence-corrected chi connectivity index (χ3v) is 4.55. The molecule has 0 bridgehead atoms. The first-order chi connectivity index (χ1) is 14.7. The van der Waals surface area contributed by atoms with Gasteiger partial charge in [-0.3, -0.25) is 9.78 Å². The molecular formula is C21H13F5N4O. The second kappa shape index (κ2) is 7.78. The van der Waals surface area contributed by atoms with Crippen LogP contribution in [-0.4, -0.2) is 20.9 Å². The normalized spacial score (nSPS) is 11.6. The number of H-pyrrole nitrogens is 1. The highest BCUT2D eigenvalue weighted by molar-refractivity contribution is 5.92. The maximum atomic E-state index is 14.5. The average molecular weight is 432 g/mol. The van der Waals surface area contributed by atoms with E-state index in [-0.39, 0.29) is 23.1 Å². The summed E-state index contributed by atoms with van der Waals surface area (Å²) in [5.74, 6) is -1.86. The minimum Gasteiger partial charge on any atom is -0.343 e. The summed E-state index contributed by atoms with van der Waals surface area (Å²) in [6, 6.07) is 7.54. The molecule has 0 spiro atoms. The average Bonchev–Trinajstić information content (AvgIpc) is 3.09. The topological polar surface area (TPSA) is 70.7 Å². The Kier molecular flexibility index (Phi) is 5.14. The zero-order valence-electron chi connectivity index (χ0n) is 15.6. The lowest BCUT2D eigenvalue weighted by Crippen LogP contribution is -2.16. The van der Waals surface area contributed by atoms with E-state index in [4.69, 9.17) is 0 Å². The number of pyridine rings is 2. The Hall–Kier alpha value is -3.82. The predicted octanol–water partition coefficient (Wildman–Crippen LogP) is 5.10. The molecule has 158 valence electrons. The molecule has 0 aliphatic carbocycles. The number of aromatic amines is 1. The molecule has 5 nitrogen and oxygen atoms in total. The fourth-order valence-electron chi connectivity index (χ4n) is 3.04. The second-order valence-corrected chi connectivity index (χ2v) is 6.72. The SMILES string of the molecule is O=C(Cc1ccc(-c2cnc3[nH]cc(F)c3c2)cc1F)Nc1ccnc(C(F)(F)F)c1. The van der Waals surface area contributed by atoms with E-state index in [9.17, 15) is 26.7 Å². The van der Waals surface area contributed by atoms with E-state index in [1.165, 1.54) is 36.7 Å². The number of nitrogens with one attached hydrogen (secondary N) is 2. The Morgan fingerprint density at radius 2 is 1.81 bits per heavy atom. The van der Waals surface area contributed by atoms with Crippen molar-refractivity contribution in [2.45, 2.75) is 12.6 Å². The second-order valence-electron chi connectivity index (χ2n) is 6.72. The number of benzene rings is 1. The minimum absolute atomic E-state index is 0.0493. The van der Waals surface area contributed by atoms with Crippen molar-refractivity contribution >= 4 is 22.6 Å². The fourth-order valence-corrected chi connectivity index (χ4v) is 3.04. The van der Waals surface area contributed by atoms with E-state index in [2.05, 4.69) is 20.3 Å². The van der Waals surface area contributed by atoms with Gasteiger partial charge in [-0.25, -0.2) is 13.8 Å². The largest absolute Gasteiger partial charge is 0.433 e. The van der Waals surface area contributed by atoms with Gasteiger partial charge in [-0.05, 0) is 35.4 Å². The van der Waals surface area contributed by atoms with Crippen LogP contribution in [0.25, 0.3) is 22.2 Å². The molecule has 10 heteroatoms. The predicted molar refractivity (Wildman–Crippen MR) is 103 cm³/mol. The van der Waals surface area contributed by atoms with Gasteiger partial charge in [-0.15, -0.1) is 0 Å². The van der Waals surface area contributed by atoms with Crippen LogP contribution in [0.1, 0.15) is 11.3 Å². The van der Waals surface area contributed by atoms with Crippen molar-refractivity contribution in [3.05, 3.63) is 77.9 Å². The molecule has 2 N–H and O–H groups in total. The van der Waals surface area contributed by atoms with E-state index in [0.717, 1.165) is 6.20 Å². The summed E-state index contributed by atoms with van der Waals surface area (Å²) in [5, 5.41) is 2.56. The summed E-state index contributed by atoms with van der Waals surface area (Å²) in [4.78, 5) is 22.1. The van der Waals surface area contributed by atoms with Gasteiger partial charge < -0.3 is 10.3 Å². The summed E-state index contributed by atoms with van der Waals surface area (Å²) in [6.45, 7) is 0. The molecule has 3 heterocycles. The van der Waals surface area contributed by atoms with Crippen molar-refractivity contribution in [3.8, 4) is 11.1 Å². The maximum Gasteiger partial charge on any atom is 0.433 e. The zero-order chi connectivity index (χ0) is 22.2. The Morgan fingerprint density at radius 1 is 1.00 bits per heavy atom. The highest BCUT2D eigenvalue weighted by atomic mass is 19.4. The van der Waals surface area contributed by atoms with E-state index in [1.54, 1.807) is 6.07 Å². The van der Waals surface area contributed by atoms with Crippen LogP contribution in [0.4, 0.5) is 27.6 Å². The van der Waals surface area contributed by atoms with Gasteiger partial charge in [0.25, 0.3) is 0 Å². The quantitative estimate of drug-likeness (QED) is 0.441. The number of carbonyl (C=O) groups is 1. The Balaban J connectivity index is 1.50. The Morgan fingerprint density at radius 3 is 2.55 bits per heavy atom. The van der Waals surface area contributed by atoms with Crippen LogP contribution in [-0.2, 0) is 17.4 Å². The molecule has 0 radical (unpaired) electrons. The molecule has 4 aromatic rings. The van der Waals surface area contributed by atoms with Gasteiger partial charge in [0.2, 0.25) is 5.91 Å². The van der Waals surface area contributed by atoms with Crippen LogP contribution in [0.5, 0.6) is 0 Å². The summed E-state index contributed by atoms with van der Waals surface area (Å²) >= 11 is 0. The zero-order valence-corrected chi connectivity index (χ0v) is 15.6. The van der Waals surface area contributed by atoms with Gasteiger partial charge in [-0.2, -0.15) is 13.2 Å². The van der Waals surface area contributed by atoms with Crippen LogP contribution >= 0.6 is 0 Å². The molecule has 0 saturated heterocycles. The molecule has 4 rings (SSSR count). The summed E-state index contributed by atoms with van der Waals surface area (Å²) in [7, 11) is 0. The first-order valence-corrected chi connectivity index (χ1v) is 8.95. The van der Waals surface area contributed by atoms with Crippen LogP contribution < -0.4 is 5.32 Å². The number of hydrogen-bond acceptors (Lipinski definition) is 3. The van der Waals surface area contributed by atoms with Crippen molar-refractivity contribution in [1.29, 1.82) is 0 Å². The first kappa shape index (κ1) is 20.5. The van der Waals surface area contributed by atoms with E-state index in [0.29, 0.717) is 22.8 Å². The lowest BCUT2D eigenvalue weighted by Gasteiger charge is -2.10. The first-order valence-electron chi connectivity index (χ1n) is 8.95. The fraction of sp³-hybridized carbons (Fsp3) is 0.0952. The molecule has 31 heavy (non-hydrogen) atoms. The number of carbonyl (C=O) groups excluding carboxylic acids is 1. The Labute approximate surface area is 172 Å². The van der Waals surface area contributed by atoms with Gasteiger partial charge >= 0.3 is 6.18 Å². The molecule has 1 amide bonds. The van der Waals surface area contributed by atoms with Crippen LogP contribution in [0.2, 0.25) is 0 Å². The molecule has 3 aromatic heterocycles. The highest BCUT2D eigenvalue weighted by Crippen LogP contribution is 2.29. The lowest BCUT2D eigenvalue weighted by molar-refractivity contribution is -0.141. The minimum atomic E-state index is -4.65. The third-order valence-electron chi connectivity index (χ3n) is 4.55. The highest BCUT2D eigenvalue weighted by Gasteiger charge is 2.32. The molecule has 1 aromatic carbocycles.